The zero-order valence-corrected chi connectivity index (χ0v) is 18.7. The Morgan fingerprint density at radius 1 is 1.00 bits per heavy atom. The summed E-state index contributed by atoms with van der Waals surface area (Å²) >= 11 is 0. The van der Waals surface area contributed by atoms with Crippen molar-refractivity contribution in [2.24, 2.45) is 5.92 Å². The Kier molecular flexibility index (Phi) is 7.27. The quantitative estimate of drug-likeness (QED) is 0.201. The SMILES string of the molecule is C=CC1CCC(c2cc(F)c(COc3ccc4c(F)c(C#CC(F)(F)F)c(F)cc4c3)c(F)c2)OC1. The molecule has 1 aliphatic rings. The molecule has 9 heteroatoms. The Balaban J connectivity index is 1.52. The van der Waals surface area contributed by atoms with Crippen LogP contribution >= 0.6 is 0 Å². The maximum atomic E-state index is 14.7. The Hall–Kier alpha value is -3.51. The van der Waals surface area contributed by atoms with E-state index in [0.717, 1.165) is 24.5 Å². The Morgan fingerprint density at radius 2 is 1.72 bits per heavy atom. The highest BCUT2D eigenvalue weighted by molar-refractivity contribution is 5.86. The number of fused-ring (bicyclic) bond motifs is 1. The molecule has 0 bridgehead atoms. The number of hydrogen-bond acceptors (Lipinski definition) is 2. The van der Waals surface area contributed by atoms with Gasteiger partial charge < -0.3 is 9.47 Å². The number of rotatable bonds is 5. The van der Waals surface area contributed by atoms with Crippen molar-refractivity contribution in [3.05, 3.63) is 89.0 Å². The molecule has 0 aliphatic carbocycles. The summed E-state index contributed by atoms with van der Waals surface area (Å²) in [5, 5.41) is -0.216. The van der Waals surface area contributed by atoms with Gasteiger partial charge in [-0.25, -0.2) is 17.6 Å². The summed E-state index contributed by atoms with van der Waals surface area (Å²) < 4.78 is 106. The average molecular weight is 508 g/mol. The van der Waals surface area contributed by atoms with Crippen molar-refractivity contribution >= 4 is 10.8 Å². The van der Waals surface area contributed by atoms with Crippen molar-refractivity contribution < 1.29 is 40.2 Å². The van der Waals surface area contributed by atoms with Gasteiger partial charge in [-0.2, -0.15) is 13.2 Å². The van der Waals surface area contributed by atoms with Crippen molar-refractivity contribution in [2.45, 2.75) is 31.7 Å². The topological polar surface area (TPSA) is 18.5 Å². The van der Waals surface area contributed by atoms with Crippen LogP contribution in [0.15, 0.2) is 49.1 Å². The fourth-order valence-corrected chi connectivity index (χ4v) is 3.97. The maximum Gasteiger partial charge on any atom is 0.458 e. The molecule has 3 aromatic carbocycles. The van der Waals surface area contributed by atoms with Crippen molar-refractivity contribution in [2.75, 3.05) is 6.61 Å². The second-order valence-electron chi connectivity index (χ2n) is 8.32. The van der Waals surface area contributed by atoms with Crippen molar-refractivity contribution in [3.63, 3.8) is 0 Å². The molecule has 3 aromatic rings. The van der Waals surface area contributed by atoms with Gasteiger partial charge >= 0.3 is 6.18 Å². The number of halogens is 7. The molecule has 36 heavy (non-hydrogen) atoms. The summed E-state index contributed by atoms with van der Waals surface area (Å²) in [7, 11) is 0. The van der Waals surface area contributed by atoms with E-state index >= 15 is 0 Å². The van der Waals surface area contributed by atoms with Crippen LogP contribution in [0.4, 0.5) is 30.7 Å². The van der Waals surface area contributed by atoms with Gasteiger partial charge in [0.25, 0.3) is 0 Å². The van der Waals surface area contributed by atoms with E-state index in [9.17, 15) is 30.7 Å². The van der Waals surface area contributed by atoms with E-state index in [4.69, 9.17) is 9.47 Å². The fourth-order valence-electron chi connectivity index (χ4n) is 3.97. The molecule has 1 saturated heterocycles. The molecule has 0 radical (unpaired) electrons. The second kappa shape index (κ2) is 10.2. The van der Waals surface area contributed by atoms with E-state index in [-0.39, 0.29) is 28.0 Å². The van der Waals surface area contributed by atoms with Gasteiger partial charge in [0.15, 0.2) is 0 Å². The zero-order chi connectivity index (χ0) is 26.0. The molecule has 0 spiro atoms. The minimum atomic E-state index is -4.91. The van der Waals surface area contributed by atoms with Crippen molar-refractivity contribution in [1.82, 2.24) is 0 Å². The molecule has 1 aliphatic heterocycles. The molecule has 2 atom stereocenters. The predicted molar refractivity (Wildman–Crippen MR) is 119 cm³/mol. The average Bonchev–Trinajstić information content (AvgIpc) is 2.82. The van der Waals surface area contributed by atoms with Gasteiger partial charge in [-0.15, -0.1) is 6.58 Å². The molecule has 0 amide bonds. The lowest BCUT2D eigenvalue weighted by Gasteiger charge is -2.27. The van der Waals surface area contributed by atoms with Crippen LogP contribution in [0.1, 0.15) is 35.6 Å². The maximum absolute atomic E-state index is 14.7. The number of ether oxygens (including phenoxy) is 2. The summed E-state index contributed by atoms with van der Waals surface area (Å²) in [4.78, 5) is 0. The third-order valence-electron chi connectivity index (χ3n) is 5.89. The minimum absolute atomic E-state index is 0.0244. The molecule has 1 fully saturated rings. The van der Waals surface area contributed by atoms with Gasteiger partial charge in [0.05, 0.1) is 23.8 Å². The molecular formula is C27H19F7O2. The molecule has 0 aromatic heterocycles. The third kappa shape index (κ3) is 5.65. The van der Waals surface area contributed by atoms with Gasteiger partial charge in [0.1, 0.15) is 35.6 Å². The Bertz CT molecular complexity index is 1340. The summed E-state index contributed by atoms with van der Waals surface area (Å²) in [6, 6.07) is 6.80. The molecule has 1 heterocycles. The fraction of sp³-hybridized carbons (Fsp3) is 0.259. The first-order chi connectivity index (χ1) is 17.1. The highest BCUT2D eigenvalue weighted by atomic mass is 19.4. The summed E-state index contributed by atoms with van der Waals surface area (Å²) in [5.41, 5.74) is -0.981. The summed E-state index contributed by atoms with van der Waals surface area (Å²) in [6.45, 7) is 3.63. The van der Waals surface area contributed by atoms with Gasteiger partial charge in [-0.3, -0.25) is 0 Å². The third-order valence-corrected chi connectivity index (χ3v) is 5.89. The molecule has 2 nitrogen and oxygen atoms in total. The molecule has 2 unspecified atom stereocenters. The smallest absolute Gasteiger partial charge is 0.458 e. The van der Waals surface area contributed by atoms with E-state index in [1.807, 2.05) is 0 Å². The van der Waals surface area contributed by atoms with Gasteiger partial charge in [0, 0.05) is 17.2 Å². The van der Waals surface area contributed by atoms with Crippen molar-refractivity contribution in [1.29, 1.82) is 0 Å². The Morgan fingerprint density at radius 3 is 2.33 bits per heavy atom. The Labute approximate surface area is 202 Å². The highest BCUT2D eigenvalue weighted by Crippen LogP contribution is 2.33. The molecule has 188 valence electrons. The summed E-state index contributed by atoms with van der Waals surface area (Å²) in [5.74, 6) is -1.65. The lowest BCUT2D eigenvalue weighted by atomic mass is 9.94. The zero-order valence-electron chi connectivity index (χ0n) is 18.7. The number of benzene rings is 3. The van der Waals surface area contributed by atoms with Crippen LogP contribution < -0.4 is 4.74 Å². The largest absolute Gasteiger partial charge is 0.489 e. The highest BCUT2D eigenvalue weighted by Gasteiger charge is 2.25. The molecule has 4 rings (SSSR count). The molecule has 0 N–H and O–H groups in total. The van der Waals surface area contributed by atoms with Crippen LogP contribution in [0.2, 0.25) is 0 Å². The van der Waals surface area contributed by atoms with Gasteiger partial charge in [0.2, 0.25) is 0 Å². The first-order valence-corrected chi connectivity index (χ1v) is 10.9. The first kappa shape index (κ1) is 25.6. The van der Waals surface area contributed by atoms with E-state index in [1.165, 1.54) is 30.2 Å². The minimum Gasteiger partial charge on any atom is -0.489 e. The first-order valence-electron chi connectivity index (χ1n) is 10.9. The van der Waals surface area contributed by atoms with Crippen LogP contribution in [0.25, 0.3) is 10.8 Å². The van der Waals surface area contributed by atoms with Crippen LogP contribution in [0, 0.1) is 41.0 Å². The van der Waals surface area contributed by atoms with E-state index in [0.29, 0.717) is 18.6 Å². The monoisotopic (exact) mass is 508 g/mol. The molecule has 0 saturated carbocycles. The van der Waals surface area contributed by atoms with E-state index in [2.05, 4.69) is 6.58 Å². The predicted octanol–water partition coefficient (Wildman–Crippen LogP) is 7.54. The molecular weight excluding hydrogens is 489 g/mol. The number of alkyl halides is 3. The van der Waals surface area contributed by atoms with E-state index < -0.39 is 47.7 Å². The van der Waals surface area contributed by atoms with Crippen LogP contribution in [0.3, 0.4) is 0 Å². The lowest BCUT2D eigenvalue weighted by molar-refractivity contribution is -0.0696. The van der Waals surface area contributed by atoms with Crippen LogP contribution in [0.5, 0.6) is 5.75 Å². The van der Waals surface area contributed by atoms with Crippen LogP contribution in [-0.2, 0) is 11.3 Å². The van der Waals surface area contributed by atoms with Gasteiger partial charge in [-0.1, -0.05) is 12.0 Å². The normalized spacial score (nSPS) is 18.0. The van der Waals surface area contributed by atoms with Crippen LogP contribution in [-0.4, -0.2) is 12.8 Å². The lowest BCUT2D eigenvalue weighted by Crippen LogP contribution is -2.19. The summed E-state index contributed by atoms with van der Waals surface area (Å²) in [6.07, 6.45) is -2.17. The second-order valence-corrected chi connectivity index (χ2v) is 8.32. The number of hydrogen-bond donors (Lipinski definition) is 0. The van der Waals surface area contributed by atoms with Gasteiger partial charge in [-0.05, 0) is 60.2 Å². The van der Waals surface area contributed by atoms with E-state index in [1.54, 1.807) is 6.08 Å². The van der Waals surface area contributed by atoms with Crippen molar-refractivity contribution in [3.8, 4) is 17.6 Å². The standard InChI is InChI=1S/C27H19F7O2/c1-2-15-3-6-25(36-13-15)17-11-23(29)21(24(30)12-17)14-35-18-4-5-19-16(9-18)10-22(28)20(26(19)31)7-8-27(32,33)34/h2,4-5,9-12,15,25H,1,3,6,13-14H2.